The molecular weight excluding hydrogens is 723 g/mol. The van der Waals surface area contributed by atoms with E-state index in [1.165, 1.54) is 88.3 Å². The molecular formula is C59H43N. The fourth-order valence-corrected chi connectivity index (χ4v) is 9.77. The van der Waals surface area contributed by atoms with Gasteiger partial charge in [0.25, 0.3) is 0 Å². The quantitative estimate of drug-likeness (QED) is 0.146. The largest absolute Gasteiger partial charge is 0.309 e. The van der Waals surface area contributed by atoms with E-state index in [9.17, 15) is 0 Å². The molecule has 60 heavy (non-hydrogen) atoms. The molecule has 0 bridgehead atoms. The van der Waals surface area contributed by atoms with Crippen LogP contribution in [0.2, 0.25) is 0 Å². The zero-order valence-corrected chi connectivity index (χ0v) is 33.8. The Labute approximate surface area is 352 Å². The van der Waals surface area contributed by atoms with E-state index in [-0.39, 0.29) is 5.41 Å². The molecule has 0 radical (unpaired) electrons. The molecule has 0 amide bonds. The highest BCUT2D eigenvalue weighted by Gasteiger charge is 2.35. The summed E-state index contributed by atoms with van der Waals surface area (Å²) in [5, 5.41) is 4.90. The Balaban J connectivity index is 1.16. The maximum atomic E-state index is 2.50. The molecule has 0 saturated heterocycles. The van der Waals surface area contributed by atoms with Crippen LogP contribution in [0.3, 0.4) is 0 Å². The van der Waals surface area contributed by atoms with Gasteiger partial charge in [-0.25, -0.2) is 0 Å². The Morgan fingerprint density at radius 2 is 0.867 bits per heavy atom. The van der Waals surface area contributed by atoms with E-state index in [1.54, 1.807) is 0 Å². The van der Waals surface area contributed by atoms with Crippen molar-refractivity contribution in [2.75, 3.05) is 4.90 Å². The molecule has 0 atom stereocenters. The van der Waals surface area contributed by atoms with Crippen LogP contribution in [0.25, 0.3) is 77.2 Å². The lowest BCUT2D eigenvalue weighted by Crippen LogP contribution is -2.14. The monoisotopic (exact) mass is 765 g/mol. The van der Waals surface area contributed by atoms with E-state index in [4.69, 9.17) is 0 Å². The first-order valence-corrected chi connectivity index (χ1v) is 20.9. The lowest BCUT2D eigenvalue weighted by atomic mass is 9.82. The fraction of sp³-hybridized carbons (Fsp3) is 0.0508. The molecule has 0 aromatic heterocycles. The van der Waals surface area contributed by atoms with Crippen LogP contribution in [0.15, 0.2) is 224 Å². The fourth-order valence-electron chi connectivity index (χ4n) is 9.77. The van der Waals surface area contributed by atoms with Crippen molar-refractivity contribution in [1.82, 2.24) is 0 Å². The van der Waals surface area contributed by atoms with Crippen LogP contribution in [0.1, 0.15) is 25.0 Å². The lowest BCUT2D eigenvalue weighted by Gasteiger charge is -2.31. The number of fused-ring (bicyclic) bond motifs is 6. The van der Waals surface area contributed by atoms with Crippen LogP contribution in [0.4, 0.5) is 17.1 Å². The second-order valence-electron chi connectivity index (χ2n) is 16.5. The molecule has 0 spiro atoms. The lowest BCUT2D eigenvalue weighted by molar-refractivity contribution is 0.660. The number of benzene rings is 10. The highest BCUT2D eigenvalue weighted by atomic mass is 15.1. The van der Waals surface area contributed by atoms with Crippen LogP contribution >= 0.6 is 0 Å². The van der Waals surface area contributed by atoms with Crippen molar-refractivity contribution in [3.8, 4) is 55.6 Å². The summed E-state index contributed by atoms with van der Waals surface area (Å²) in [4.78, 5) is 2.50. The van der Waals surface area contributed by atoms with Crippen LogP contribution < -0.4 is 4.90 Å². The third-order valence-electron chi connectivity index (χ3n) is 12.7. The van der Waals surface area contributed by atoms with Gasteiger partial charge >= 0.3 is 0 Å². The van der Waals surface area contributed by atoms with Gasteiger partial charge in [-0.3, -0.25) is 0 Å². The van der Waals surface area contributed by atoms with E-state index in [0.717, 1.165) is 17.1 Å². The van der Waals surface area contributed by atoms with E-state index < -0.39 is 0 Å². The van der Waals surface area contributed by atoms with Gasteiger partial charge < -0.3 is 4.90 Å². The van der Waals surface area contributed by atoms with Gasteiger partial charge in [-0.15, -0.1) is 0 Å². The first-order valence-electron chi connectivity index (χ1n) is 20.9. The average molecular weight is 766 g/mol. The highest BCUT2D eigenvalue weighted by Crippen LogP contribution is 2.52. The molecule has 1 heteroatoms. The summed E-state index contributed by atoms with van der Waals surface area (Å²) in [6, 6.07) is 82.5. The van der Waals surface area contributed by atoms with E-state index in [2.05, 4.69) is 243 Å². The summed E-state index contributed by atoms with van der Waals surface area (Å²) >= 11 is 0. The zero-order valence-electron chi connectivity index (χ0n) is 33.8. The Morgan fingerprint density at radius 1 is 0.317 bits per heavy atom. The number of hydrogen-bond acceptors (Lipinski definition) is 1. The summed E-state index contributed by atoms with van der Waals surface area (Å²) in [6.45, 7) is 4.69. The Morgan fingerprint density at radius 3 is 1.62 bits per heavy atom. The molecule has 0 saturated carbocycles. The summed E-state index contributed by atoms with van der Waals surface area (Å²) < 4.78 is 0. The molecule has 0 heterocycles. The Hall–Kier alpha value is -7.48. The maximum absolute atomic E-state index is 2.50. The Kier molecular flexibility index (Phi) is 8.57. The van der Waals surface area contributed by atoms with Crippen molar-refractivity contribution in [3.05, 3.63) is 236 Å². The number of hydrogen-bond donors (Lipinski definition) is 0. The molecule has 1 aliphatic carbocycles. The number of anilines is 3. The van der Waals surface area contributed by atoms with E-state index >= 15 is 0 Å². The molecule has 0 aliphatic heterocycles. The summed E-state index contributed by atoms with van der Waals surface area (Å²) in [7, 11) is 0. The van der Waals surface area contributed by atoms with Gasteiger partial charge in [-0.2, -0.15) is 0 Å². The number of nitrogens with zero attached hydrogens (tertiary/aromatic N) is 1. The molecule has 1 nitrogen and oxygen atoms in total. The summed E-state index contributed by atoms with van der Waals surface area (Å²) in [5.41, 5.74) is 18.3. The van der Waals surface area contributed by atoms with E-state index in [1.807, 2.05) is 0 Å². The molecule has 0 unspecified atom stereocenters. The van der Waals surface area contributed by atoms with Crippen molar-refractivity contribution in [1.29, 1.82) is 0 Å². The van der Waals surface area contributed by atoms with Gasteiger partial charge in [-0.05, 0) is 108 Å². The zero-order chi connectivity index (χ0) is 40.2. The predicted octanol–water partition coefficient (Wildman–Crippen LogP) is 16.4. The van der Waals surface area contributed by atoms with Gasteiger partial charge in [0.05, 0.1) is 11.4 Å². The van der Waals surface area contributed by atoms with E-state index in [0.29, 0.717) is 0 Å². The highest BCUT2D eigenvalue weighted by molar-refractivity contribution is 6.15. The molecule has 11 rings (SSSR count). The molecule has 10 aromatic carbocycles. The minimum Gasteiger partial charge on any atom is -0.309 e. The molecule has 0 fully saturated rings. The minimum absolute atomic E-state index is 0.0252. The third-order valence-corrected chi connectivity index (χ3v) is 12.7. The summed E-state index contributed by atoms with van der Waals surface area (Å²) in [5.74, 6) is 0. The molecule has 10 aromatic rings. The molecule has 0 N–H and O–H groups in total. The second kappa shape index (κ2) is 14.4. The van der Waals surface area contributed by atoms with Crippen molar-refractivity contribution < 1.29 is 0 Å². The minimum atomic E-state index is -0.0252. The third kappa shape index (κ3) is 5.85. The van der Waals surface area contributed by atoms with Gasteiger partial charge in [-0.1, -0.05) is 208 Å². The van der Waals surface area contributed by atoms with Crippen molar-refractivity contribution in [3.63, 3.8) is 0 Å². The van der Waals surface area contributed by atoms with Crippen LogP contribution in [-0.2, 0) is 5.41 Å². The average Bonchev–Trinajstić information content (AvgIpc) is 3.55. The SMILES string of the molecule is CC1(C)c2ccccc2-c2cc(-c3ccc(N(c4cccc(-c5ccccc5)c4-c4ccccc4-c4ccccc4)c4cc5ccccc5c5ccccc45)cc3)ccc21. The predicted molar refractivity (Wildman–Crippen MR) is 255 cm³/mol. The topological polar surface area (TPSA) is 3.24 Å². The normalized spacial score (nSPS) is 12.6. The molecule has 1 aliphatic rings. The first kappa shape index (κ1) is 35.7. The Bertz CT molecular complexity index is 3210. The van der Waals surface area contributed by atoms with Crippen LogP contribution in [0, 0.1) is 0 Å². The first-order chi connectivity index (χ1) is 29.5. The maximum Gasteiger partial charge on any atom is 0.0546 e. The van der Waals surface area contributed by atoms with Crippen LogP contribution in [-0.4, -0.2) is 0 Å². The van der Waals surface area contributed by atoms with Crippen molar-refractivity contribution in [2.45, 2.75) is 19.3 Å². The molecule has 284 valence electrons. The van der Waals surface area contributed by atoms with Gasteiger partial charge in [0.2, 0.25) is 0 Å². The standard InChI is InChI=1S/C59H43N/c1-59(2)54-30-16-15-26-50(54)53-38-43(34-37-55(53)59)40-32-35-45(36-33-40)60(57-39-44-22-9-10-24-47(44)49-25-12-13-27-51(49)57)56-31-17-29-48(42-20-7-4-8-21-42)58(56)52-28-14-11-23-46(52)41-18-5-3-6-19-41/h3-39H,1-2H3. The van der Waals surface area contributed by atoms with Gasteiger partial charge in [0.15, 0.2) is 0 Å². The van der Waals surface area contributed by atoms with Crippen molar-refractivity contribution >= 4 is 38.6 Å². The second-order valence-corrected chi connectivity index (χ2v) is 16.5. The van der Waals surface area contributed by atoms with Crippen LogP contribution in [0.5, 0.6) is 0 Å². The smallest absolute Gasteiger partial charge is 0.0546 e. The summed E-state index contributed by atoms with van der Waals surface area (Å²) in [6.07, 6.45) is 0. The number of rotatable bonds is 7. The van der Waals surface area contributed by atoms with Gasteiger partial charge in [0, 0.05) is 22.1 Å². The van der Waals surface area contributed by atoms with Gasteiger partial charge in [0.1, 0.15) is 0 Å². The van der Waals surface area contributed by atoms with Crippen molar-refractivity contribution in [2.24, 2.45) is 0 Å².